The van der Waals surface area contributed by atoms with E-state index in [2.05, 4.69) is 21.7 Å². The number of aryl methyl sites for hydroxylation is 1. The van der Waals surface area contributed by atoms with Crippen molar-refractivity contribution < 1.29 is 4.74 Å². The number of aromatic nitrogens is 3. The maximum Gasteiger partial charge on any atom is 0.171 e. The normalized spacial score (nSPS) is 15.5. The number of hydrogen-bond acceptors (Lipinski definition) is 4. The summed E-state index contributed by atoms with van der Waals surface area (Å²) in [5, 5.41) is 8.52. The van der Waals surface area contributed by atoms with Crippen LogP contribution in [0.4, 0.5) is 0 Å². The van der Waals surface area contributed by atoms with Gasteiger partial charge in [0.05, 0.1) is 0 Å². The Balaban J connectivity index is 1.75. The van der Waals surface area contributed by atoms with Crippen LogP contribution in [-0.2, 0) is 19.6 Å². The zero-order valence-corrected chi connectivity index (χ0v) is 12.5. The van der Waals surface area contributed by atoms with Gasteiger partial charge < -0.3 is 15.0 Å². The Morgan fingerprint density at radius 1 is 1.29 bits per heavy atom. The zero-order chi connectivity index (χ0) is 14.7. The van der Waals surface area contributed by atoms with E-state index in [9.17, 15) is 0 Å². The fraction of sp³-hybridized carbons (Fsp3) is 0.500. The van der Waals surface area contributed by atoms with Gasteiger partial charge >= 0.3 is 0 Å². The molecular formula is C16H22N4O. The van der Waals surface area contributed by atoms with Crippen molar-refractivity contribution in [3.05, 3.63) is 41.5 Å². The van der Waals surface area contributed by atoms with Crippen LogP contribution in [0.3, 0.4) is 0 Å². The number of para-hydroxylation sites is 1. The van der Waals surface area contributed by atoms with E-state index in [0.717, 1.165) is 42.3 Å². The first kappa shape index (κ1) is 14.1. The molecule has 1 aromatic heterocycles. The van der Waals surface area contributed by atoms with E-state index >= 15 is 0 Å². The minimum atomic E-state index is 0.00788. The zero-order valence-electron chi connectivity index (χ0n) is 12.5. The van der Waals surface area contributed by atoms with Crippen LogP contribution in [0.15, 0.2) is 24.3 Å². The van der Waals surface area contributed by atoms with Crippen molar-refractivity contribution in [2.45, 2.75) is 51.8 Å². The first-order chi connectivity index (χ1) is 10.3. The predicted octanol–water partition coefficient (Wildman–Crippen LogP) is 2.60. The maximum atomic E-state index is 6.14. The largest absolute Gasteiger partial charge is 0.485 e. The Kier molecular flexibility index (Phi) is 4.20. The molecule has 2 heterocycles. The fourth-order valence-electron chi connectivity index (χ4n) is 2.76. The summed E-state index contributed by atoms with van der Waals surface area (Å²) in [5.74, 6) is 2.84. The number of ether oxygens (including phenoxy) is 1. The molecule has 0 saturated heterocycles. The van der Waals surface area contributed by atoms with Crippen molar-refractivity contribution >= 4 is 0 Å². The van der Waals surface area contributed by atoms with Crippen LogP contribution in [0.2, 0.25) is 0 Å². The molecule has 0 amide bonds. The molecule has 5 nitrogen and oxygen atoms in total. The smallest absolute Gasteiger partial charge is 0.171 e. The molecule has 2 N–H and O–H groups in total. The van der Waals surface area contributed by atoms with Crippen molar-refractivity contribution in [3.63, 3.8) is 0 Å². The van der Waals surface area contributed by atoms with E-state index in [1.54, 1.807) is 0 Å². The lowest BCUT2D eigenvalue weighted by Crippen LogP contribution is -2.15. The van der Waals surface area contributed by atoms with Crippen molar-refractivity contribution in [3.8, 4) is 5.75 Å². The van der Waals surface area contributed by atoms with Gasteiger partial charge in [-0.3, -0.25) is 0 Å². The lowest BCUT2D eigenvalue weighted by atomic mass is 10.0. The molecule has 0 bridgehead atoms. The third-order valence-electron chi connectivity index (χ3n) is 4.05. The van der Waals surface area contributed by atoms with Crippen molar-refractivity contribution in [1.82, 2.24) is 14.8 Å². The Morgan fingerprint density at radius 3 is 3.00 bits per heavy atom. The van der Waals surface area contributed by atoms with Gasteiger partial charge in [-0.15, -0.1) is 10.2 Å². The molecule has 0 aliphatic carbocycles. The summed E-state index contributed by atoms with van der Waals surface area (Å²) in [5.41, 5.74) is 7.20. The van der Waals surface area contributed by atoms with Crippen molar-refractivity contribution in [2.75, 3.05) is 0 Å². The number of nitrogens with zero attached hydrogens (tertiary/aromatic N) is 3. The van der Waals surface area contributed by atoms with Gasteiger partial charge in [0.15, 0.2) is 5.82 Å². The highest BCUT2D eigenvalue weighted by molar-refractivity contribution is 5.35. The Hall–Kier alpha value is -1.88. The second-order valence-corrected chi connectivity index (χ2v) is 5.48. The van der Waals surface area contributed by atoms with Gasteiger partial charge in [-0.1, -0.05) is 25.1 Å². The molecule has 2 aromatic rings. The van der Waals surface area contributed by atoms with Crippen LogP contribution in [0.1, 0.15) is 49.4 Å². The van der Waals surface area contributed by atoms with Gasteiger partial charge in [0.1, 0.15) is 18.2 Å². The summed E-state index contributed by atoms with van der Waals surface area (Å²) in [6.45, 7) is 3.52. The summed E-state index contributed by atoms with van der Waals surface area (Å²) < 4.78 is 8.15. The van der Waals surface area contributed by atoms with E-state index in [-0.39, 0.29) is 6.04 Å². The average molecular weight is 286 g/mol. The SMILES string of the molecule is CC[C@@H](N)c1ccccc1OCc1nnc2n1CCCC2. The van der Waals surface area contributed by atoms with E-state index in [1.807, 2.05) is 24.3 Å². The number of nitrogens with two attached hydrogens (primary N) is 1. The van der Waals surface area contributed by atoms with Gasteiger partial charge in [0, 0.05) is 24.6 Å². The molecule has 1 aromatic carbocycles. The predicted molar refractivity (Wildman–Crippen MR) is 81.0 cm³/mol. The summed E-state index contributed by atoms with van der Waals surface area (Å²) in [4.78, 5) is 0. The monoisotopic (exact) mass is 286 g/mol. The quantitative estimate of drug-likeness (QED) is 0.917. The first-order valence-corrected chi connectivity index (χ1v) is 7.68. The van der Waals surface area contributed by atoms with Gasteiger partial charge in [0.25, 0.3) is 0 Å². The van der Waals surface area contributed by atoms with Gasteiger partial charge in [-0.05, 0) is 25.3 Å². The minimum Gasteiger partial charge on any atom is -0.485 e. The summed E-state index contributed by atoms with van der Waals surface area (Å²) in [6.07, 6.45) is 4.30. The molecule has 0 radical (unpaired) electrons. The third-order valence-corrected chi connectivity index (χ3v) is 4.05. The van der Waals surface area contributed by atoms with Crippen LogP contribution in [0.5, 0.6) is 5.75 Å². The van der Waals surface area contributed by atoms with Crippen molar-refractivity contribution in [1.29, 1.82) is 0 Å². The molecule has 0 spiro atoms. The Morgan fingerprint density at radius 2 is 2.14 bits per heavy atom. The van der Waals surface area contributed by atoms with Crippen LogP contribution < -0.4 is 10.5 Å². The molecule has 0 unspecified atom stereocenters. The first-order valence-electron chi connectivity index (χ1n) is 7.68. The van der Waals surface area contributed by atoms with E-state index in [4.69, 9.17) is 10.5 Å². The summed E-state index contributed by atoms with van der Waals surface area (Å²) in [7, 11) is 0. The number of benzene rings is 1. The van der Waals surface area contributed by atoms with Gasteiger partial charge in [-0.25, -0.2) is 0 Å². The third kappa shape index (κ3) is 2.93. The van der Waals surface area contributed by atoms with Gasteiger partial charge in [-0.2, -0.15) is 0 Å². The molecular weight excluding hydrogens is 264 g/mol. The maximum absolute atomic E-state index is 6.14. The molecule has 112 valence electrons. The Bertz CT molecular complexity index is 608. The van der Waals surface area contributed by atoms with Crippen LogP contribution in [0.25, 0.3) is 0 Å². The molecule has 0 fully saturated rings. The highest BCUT2D eigenvalue weighted by atomic mass is 16.5. The molecule has 1 aliphatic rings. The van der Waals surface area contributed by atoms with Crippen LogP contribution in [0, 0.1) is 0 Å². The number of hydrogen-bond donors (Lipinski definition) is 1. The van der Waals surface area contributed by atoms with Gasteiger partial charge in [0.2, 0.25) is 0 Å². The lowest BCUT2D eigenvalue weighted by molar-refractivity contribution is 0.281. The Labute approximate surface area is 125 Å². The fourth-order valence-corrected chi connectivity index (χ4v) is 2.76. The number of rotatable bonds is 5. The minimum absolute atomic E-state index is 0.00788. The average Bonchev–Trinajstić information content (AvgIpc) is 2.96. The standard InChI is InChI=1S/C16H22N4O/c1-2-13(17)12-7-3-4-8-14(12)21-11-16-19-18-15-9-5-6-10-20(15)16/h3-4,7-8,13H,2,5-6,9-11,17H2,1H3/t13-/m1/s1. The lowest BCUT2D eigenvalue weighted by Gasteiger charge is -2.17. The summed E-state index contributed by atoms with van der Waals surface area (Å²) >= 11 is 0. The molecule has 1 atom stereocenters. The molecule has 0 saturated carbocycles. The number of fused-ring (bicyclic) bond motifs is 1. The van der Waals surface area contributed by atoms with E-state index < -0.39 is 0 Å². The van der Waals surface area contributed by atoms with E-state index in [0.29, 0.717) is 6.61 Å². The van der Waals surface area contributed by atoms with Crippen LogP contribution >= 0.6 is 0 Å². The second-order valence-electron chi connectivity index (χ2n) is 5.48. The summed E-state index contributed by atoms with van der Waals surface area (Å²) in [6, 6.07) is 7.98. The molecule has 21 heavy (non-hydrogen) atoms. The topological polar surface area (TPSA) is 66.0 Å². The highest BCUT2D eigenvalue weighted by Crippen LogP contribution is 2.26. The molecule has 5 heteroatoms. The van der Waals surface area contributed by atoms with Crippen molar-refractivity contribution in [2.24, 2.45) is 5.73 Å². The second kappa shape index (κ2) is 6.26. The van der Waals surface area contributed by atoms with E-state index in [1.165, 1.54) is 12.8 Å². The highest BCUT2D eigenvalue weighted by Gasteiger charge is 2.17. The van der Waals surface area contributed by atoms with Crippen LogP contribution in [-0.4, -0.2) is 14.8 Å². The molecule has 3 rings (SSSR count). The molecule has 1 aliphatic heterocycles.